The molecule has 0 spiro atoms. The van der Waals surface area contributed by atoms with Crippen molar-refractivity contribution in [1.82, 2.24) is 5.32 Å². The number of hydrogen-bond donors (Lipinski definition) is 1. The van der Waals surface area contributed by atoms with Crippen LogP contribution in [0.15, 0.2) is 12.7 Å². The summed E-state index contributed by atoms with van der Waals surface area (Å²) in [5, 5.41) is 3.41. The van der Waals surface area contributed by atoms with Crippen molar-refractivity contribution in [3.05, 3.63) is 12.7 Å². The summed E-state index contributed by atoms with van der Waals surface area (Å²) in [7, 11) is 0. The standard InChI is InChI=1S/C14H27NO/c1-7-8-9-10-14(6,15-12(4)5)13(16)11(2)3/h7,11-12,15H,1,8-10H2,2-6H3/t14-/m0/s1. The van der Waals surface area contributed by atoms with Crippen LogP contribution in [0.1, 0.15) is 53.9 Å². The molecule has 94 valence electrons. The topological polar surface area (TPSA) is 29.1 Å². The van der Waals surface area contributed by atoms with E-state index in [0.717, 1.165) is 19.3 Å². The molecule has 0 heterocycles. The summed E-state index contributed by atoms with van der Waals surface area (Å²) in [6.45, 7) is 13.8. The molecule has 0 bridgehead atoms. The Bertz CT molecular complexity index is 233. The Balaban J connectivity index is 4.59. The molecule has 0 aliphatic carbocycles. The summed E-state index contributed by atoms with van der Waals surface area (Å²) < 4.78 is 0. The molecule has 0 rings (SSSR count). The molecule has 0 aromatic heterocycles. The molecule has 1 N–H and O–H groups in total. The van der Waals surface area contributed by atoms with Crippen LogP contribution in [0.3, 0.4) is 0 Å². The highest BCUT2D eigenvalue weighted by Crippen LogP contribution is 2.20. The second-order valence-corrected chi connectivity index (χ2v) is 5.33. The Morgan fingerprint density at radius 1 is 1.38 bits per heavy atom. The molecule has 1 atom stereocenters. The Morgan fingerprint density at radius 3 is 2.31 bits per heavy atom. The number of Topliss-reactive ketones (excluding diaryl/α,β-unsaturated/α-hetero) is 1. The summed E-state index contributed by atoms with van der Waals surface area (Å²) in [5.41, 5.74) is -0.384. The van der Waals surface area contributed by atoms with E-state index >= 15 is 0 Å². The normalized spacial score (nSPS) is 15.2. The van der Waals surface area contributed by atoms with Crippen LogP contribution in [0.2, 0.25) is 0 Å². The van der Waals surface area contributed by atoms with Gasteiger partial charge < -0.3 is 5.32 Å². The third-order valence-corrected chi connectivity index (χ3v) is 2.76. The average Bonchev–Trinajstić information content (AvgIpc) is 2.15. The first kappa shape index (κ1) is 15.4. The van der Waals surface area contributed by atoms with Gasteiger partial charge in [-0.05, 0) is 40.0 Å². The number of ketones is 1. The van der Waals surface area contributed by atoms with E-state index in [9.17, 15) is 4.79 Å². The van der Waals surface area contributed by atoms with E-state index in [1.54, 1.807) is 0 Å². The second kappa shape index (κ2) is 6.85. The number of allylic oxidation sites excluding steroid dienone is 1. The molecule has 0 aromatic carbocycles. The van der Waals surface area contributed by atoms with Gasteiger partial charge >= 0.3 is 0 Å². The van der Waals surface area contributed by atoms with Crippen LogP contribution >= 0.6 is 0 Å². The monoisotopic (exact) mass is 225 g/mol. The summed E-state index contributed by atoms with van der Waals surface area (Å²) in [4.78, 5) is 12.2. The van der Waals surface area contributed by atoms with Crippen LogP contribution in [0.5, 0.6) is 0 Å². The highest BCUT2D eigenvalue weighted by atomic mass is 16.1. The summed E-state index contributed by atoms with van der Waals surface area (Å²) in [5.74, 6) is 0.394. The van der Waals surface area contributed by atoms with Crippen LogP contribution < -0.4 is 5.32 Å². The molecule has 0 unspecified atom stereocenters. The third kappa shape index (κ3) is 4.93. The number of carbonyl (C=O) groups excluding carboxylic acids is 1. The van der Waals surface area contributed by atoms with E-state index in [2.05, 4.69) is 25.7 Å². The minimum atomic E-state index is -0.384. The fraction of sp³-hybridized carbons (Fsp3) is 0.786. The predicted octanol–water partition coefficient (Wildman–Crippen LogP) is 3.32. The fourth-order valence-electron chi connectivity index (χ4n) is 2.14. The van der Waals surface area contributed by atoms with Gasteiger partial charge in [0.25, 0.3) is 0 Å². The molecule has 0 fully saturated rings. The smallest absolute Gasteiger partial charge is 0.155 e. The highest BCUT2D eigenvalue weighted by molar-refractivity contribution is 5.89. The number of hydrogen-bond acceptors (Lipinski definition) is 2. The molecule has 2 heteroatoms. The molecular weight excluding hydrogens is 198 g/mol. The zero-order valence-corrected chi connectivity index (χ0v) is 11.5. The van der Waals surface area contributed by atoms with Crippen molar-refractivity contribution in [3.8, 4) is 0 Å². The minimum absolute atomic E-state index is 0.0833. The summed E-state index contributed by atoms with van der Waals surface area (Å²) in [6, 6.07) is 0.330. The van der Waals surface area contributed by atoms with Crippen LogP contribution in [0.25, 0.3) is 0 Å². The Kier molecular flexibility index (Phi) is 6.58. The fourth-order valence-corrected chi connectivity index (χ4v) is 2.14. The van der Waals surface area contributed by atoms with Gasteiger partial charge in [0.1, 0.15) is 0 Å². The first-order valence-electron chi connectivity index (χ1n) is 6.26. The summed E-state index contributed by atoms with van der Waals surface area (Å²) >= 11 is 0. The Hall–Kier alpha value is -0.630. The first-order valence-corrected chi connectivity index (χ1v) is 6.26. The lowest BCUT2D eigenvalue weighted by atomic mass is 9.84. The van der Waals surface area contributed by atoms with E-state index in [1.165, 1.54) is 0 Å². The molecule has 0 saturated carbocycles. The molecule has 0 saturated heterocycles. The van der Waals surface area contributed by atoms with Gasteiger partial charge in [-0.15, -0.1) is 6.58 Å². The lowest BCUT2D eigenvalue weighted by molar-refractivity contribution is -0.128. The van der Waals surface area contributed by atoms with E-state index in [-0.39, 0.29) is 11.5 Å². The van der Waals surface area contributed by atoms with Crippen LogP contribution in [0, 0.1) is 5.92 Å². The van der Waals surface area contributed by atoms with Crippen molar-refractivity contribution in [3.63, 3.8) is 0 Å². The van der Waals surface area contributed by atoms with E-state index in [4.69, 9.17) is 0 Å². The maximum absolute atomic E-state index is 12.2. The van der Waals surface area contributed by atoms with Gasteiger partial charge in [-0.3, -0.25) is 4.79 Å². The zero-order chi connectivity index (χ0) is 12.8. The van der Waals surface area contributed by atoms with Crippen molar-refractivity contribution in [2.45, 2.75) is 65.5 Å². The van der Waals surface area contributed by atoms with Crippen molar-refractivity contribution in [2.75, 3.05) is 0 Å². The molecule has 0 amide bonds. The van der Waals surface area contributed by atoms with Crippen molar-refractivity contribution >= 4 is 5.78 Å². The molecular formula is C14H27NO. The van der Waals surface area contributed by atoms with Gasteiger partial charge in [0.15, 0.2) is 5.78 Å². The van der Waals surface area contributed by atoms with E-state index in [1.807, 2.05) is 26.8 Å². The van der Waals surface area contributed by atoms with Crippen molar-refractivity contribution in [2.24, 2.45) is 5.92 Å². The third-order valence-electron chi connectivity index (χ3n) is 2.76. The van der Waals surface area contributed by atoms with Crippen LogP contribution in [-0.2, 0) is 4.79 Å². The van der Waals surface area contributed by atoms with E-state index < -0.39 is 0 Å². The largest absolute Gasteiger partial charge is 0.303 e. The predicted molar refractivity (Wildman–Crippen MR) is 70.6 cm³/mol. The molecule has 0 aliphatic heterocycles. The van der Waals surface area contributed by atoms with Gasteiger partial charge in [0.2, 0.25) is 0 Å². The lowest BCUT2D eigenvalue weighted by Crippen LogP contribution is -2.53. The molecule has 16 heavy (non-hydrogen) atoms. The first-order chi connectivity index (χ1) is 7.33. The molecule has 2 nitrogen and oxygen atoms in total. The molecule has 0 radical (unpaired) electrons. The van der Waals surface area contributed by atoms with E-state index in [0.29, 0.717) is 11.8 Å². The van der Waals surface area contributed by atoms with Gasteiger partial charge in [-0.25, -0.2) is 0 Å². The number of nitrogens with one attached hydrogen (secondary N) is 1. The van der Waals surface area contributed by atoms with Gasteiger partial charge in [0, 0.05) is 12.0 Å². The SMILES string of the molecule is C=CCCC[C@](C)(NC(C)C)C(=O)C(C)C. The Labute approximate surface area is 101 Å². The maximum atomic E-state index is 12.2. The van der Waals surface area contributed by atoms with Gasteiger partial charge in [-0.1, -0.05) is 19.9 Å². The van der Waals surface area contributed by atoms with Crippen LogP contribution in [0.4, 0.5) is 0 Å². The number of carbonyl (C=O) groups is 1. The zero-order valence-electron chi connectivity index (χ0n) is 11.5. The second-order valence-electron chi connectivity index (χ2n) is 5.33. The van der Waals surface area contributed by atoms with Gasteiger partial charge in [0.05, 0.1) is 5.54 Å². The van der Waals surface area contributed by atoms with Crippen LogP contribution in [-0.4, -0.2) is 17.4 Å². The lowest BCUT2D eigenvalue weighted by Gasteiger charge is -2.33. The molecule has 0 aliphatic rings. The number of unbranched alkanes of at least 4 members (excludes halogenated alkanes) is 1. The highest BCUT2D eigenvalue weighted by Gasteiger charge is 2.33. The number of rotatable bonds is 8. The van der Waals surface area contributed by atoms with Crippen molar-refractivity contribution < 1.29 is 4.79 Å². The quantitative estimate of drug-likeness (QED) is 0.507. The van der Waals surface area contributed by atoms with Gasteiger partial charge in [-0.2, -0.15) is 0 Å². The van der Waals surface area contributed by atoms with Crippen molar-refractivity contribution in [1.29, 1.82) is 0 Å². The minimum Gasteiger partial charge on any atom is -0.303 e. The molecule has 0 aromatic rings. The summed E-state index contributed by atoms with van der Waals surface area (Å²) in [6.07, 6.45) is 4.78. The maximum Gasteiger partial charge on any atom is 0.155 e. The average molecular weight is 225 g/mol. The Morgan fingerprint density at radius 2 is 1.94 bits per heavy atom.